The summed E-state index contributed by atoms with van der Waals surface area (Å²) in [6.07, 6.45) is 1.54. The molecule has 0 saturated carbocycles. The highest BCUT2D eigenvalue weighted by atomic mass is 16.1. The minimum atomic E-state index is 0.221. The summed E-state index contributed by atoms with van der Waals surface area (Å²) in [5.41, 5.74) is 2.48. The first kappa shape index (κ1) is 10.9. The molecule has 0 amide bonds. The van der Waals surface area contributed by atoms with Crippen LogP contribution in [0.5, 0.6) is 0 Å². The molecule has 16 heavy (non-hydrogen) atoms. The van der Waals surface area contributed by atoms with Crippen LogP contribution < -0.4 is 0 Å². The van der Waals surface area contributed by atoms with Crippen LogP contribution in [-0.4, -0.2) is 5.78 Å². The van der Waals surface area contributed by atoms with Crippen molar-refractivity contribution in [3.05, 3.63) is 47.5 Å². The van der Waals surface area contributed by atoms with Crippen molar-refractivity contribution in [1.29, 1.82) is 0 Å². The molecule has 0 aliphatic carbocycles. The SMILES string of the molecule is CCc1cccc2cccc(CC(C)=O)c12. The van der Waals surface area contributed by atoms with Crippen molar-refractivity contribution >= 4 is 16.6 Å². The summed E-state index contributed by atoms with van der Waals surface area (Å²) in [7, 11) is 0. The van der Waals surface area contributed by atoms with Gasteiger partial charge in [0.15, 0.2) is 0 Å². The third-order valence-electron chi connectivity index (χ3n) is 2.90. The molecule has 1 nitrogen and oxygen atoms in total. The van der Waals surface area contributed by atoms with Crippen LogP contribution in [-0.2, 0) is 17.6 Å². The summed E-state index contributed by atoms with van der Waals surface area (Å²) in [6.45, 7) is 3.80. The highest BCUT2D eigenvalue weighted by Gasteiger charge is 2.06. The fourth-order valence-electron chi connectivity index (χ4n) is 2.21. The van der Waals surface area contributed by atoms with E-state index in [-0.39, 0.29) is 5.78 Å². The van der Waals surface area contributed by atoms with E-state index in [1.165, 1.54) is 16.3 Å². The monoisotopic (exact) mass is 212 g/mol. The Balaban J connectivity index is 2.68. The molecule has 2 rings (SSSR count). The van der Waals surface area contributed by atoms with Gasteiger partial charge >= 0.3 is 0 Å². The number of hydrogen-bond donors (Lipinski definition) is 0. The molecule has 0 atom stereocenters. The van der Waals surface area contributed by atoms with Gasteiger partial charge in [-0.15, -0.1) is 0 Å². The smallest absolute Gasteiger partial charge is 0.134 e. The minimum Gasteiger partial charge on any atom is -0.300 e. The van der Waals surface area contributed by atoms with Gasteiger partial charge in [0.2, 0.25) is 0 Å². The third-order valence-corrected chi connectivity index (χ3v) is 2.90. The Hall–Kier alpha value is -1.63. The number of carbonyl (C=O) groups is 1. The summed E-state index contributed by atoms with van der Waals surface area (Å²) in [5, 5.41) is 2.50. The molecule has 1 heteroatoms. The number of aryl methyl sites for hydroxylation is 1. The van der Waals surface area contributed by atoms with Crippen molar-refractivity contribution in [2.24, 2.45) is 0 Å². The van der Waals surface area contributed by atoms with Crippen molar-refractivity contribution in [2.45, 2.75) is 26.7 Å². The summed E-state index contributed by atoms with van der Waals surface area (Å²) in [4.78, 5) is 11.3. The van der Waals surface area contributed by atoms with Crippen molar-refractivity contribution in [3.8, 4) is 0 Å². The maximum atomic E-state index is 11.3. The van der Waals surface area contributed by atoms with Gasteiger partial charge in [0, 0.05) is 6.42 Å². The second-order valence-electron chi connectivity index (χ2n) is 4.16. The molecule has 0 saturated heterocycles. The van der Waals surface area contributed by atoms with Crippen molar-refractivity contribution in [3.63, 3.8) is 0 Å². The van der Waals surface area contributed by atoms with Crippen LogP contribution in [0, 0.1) is 0 Å². The molecule has 0 aliphatic rings. The van der Waals surface area contributed by atoms with Gasteiger partial charge in [-0.2, -0.15) is 0 Å². The van der Waals surface area contributed by atoms with Crippen molar-refractivity contribution in [2.75, 3.05) is 0 Å². The molecular formula is C15H16O. The van der Waals surface area contributed by atoms with Crippen LogP contribution in [0.4, 0.5) is 0 Å². The zero-order chi connectivity index (χ0) is 11.5. The number of rotatable bonds is 3. The van der Waals surface area contributed by atoms with E-state index in [4.69, 9.17) is 0 Å². The van der Waals surface area contributed by atoms with Crippen LogP contribution >= 0.6 is 0 Å². The highest BCUT2D eigenvalue weighted by molar-refractivity contribution is 5.92. The van der Waals surface area contributed by atoms with E-state index in [0.717, 1.165) is 12.0 Å². The number of benzene rings is 2. The molecule has 0 aliphatic heterocycles. The zero-order valence-corrected chi connectivity index (χ0v) is 9.79. The number of Topliss-reactive ketones (excluding diaryl/α,β-unsaturated/α-hetero) is 1. The van der Waals surface area contributed by atoms with Gasteiger partial charge in [0.05, 0.1) is 0 Å². The fourth-order valence-corrected chi connectivity index (χ4v) is 2.21. The highest BCUT2D eigenvalue weighted by Crippen LogP contribution is 2.24. The second kappa shape index (κ2) is 4.48. The quantitative estimate of drug-likeness (QED) is 0.760. The Labute approximate surface area is 96.1 Å². The first-order valence-corrected chi connectivity index (χ1v) is 5.71. The maximum absolute atomic E-state index is 11.3. The van der Waals surface area contributed by atoms with Crippen molar-refractivity contribution < 1.29 is 4.79 Å². The summed E-state index contributed by atoms with van der Waals surface area (Å²) in [6, 6.07) is 12.5. The van der Waals surface area contributed by atoms with E-state index in [1.807, 2.05) is 6.07 Å². The third kappa shape index (κ3) is 1.99. The van der Waals surface area contributed by atoms with Gasteiger partial charge in [0.1, 0.15) is 5.78 Å². The van der Waals surface area contributed by atoms with E-state index >= 15 is 0 Å². The van der Waals surface area contributed by atoms with Gasteiger partial charge < -0.3 is 0 Å². The molecule has 0 radical (unpaired) electrons. The average Bonchev–Trinajstić information content (AvgIpc) is 2.28. The van der Waals surface area contributed by atoms with Gasteiger partial charge in [-0.3, -0.25) is 4.79 Å². The Kier molecular flexibility index (Phi) is 3.04. The van der Waals surface area contributed by atoms with Gasteiger partial charge in [0.25, 0.3) is 0 Å². The van der Waals surface area contributed by atoms with E-state index in [2.05, 4.69) is 37.3 Å². The topological polar surface area (TPSA) is 17.1 Å². The largest absolute Gasteiger partial charge is 0.300 e. The molecule has 2 aromatic carbocycles. The lowest BCUT2D eigenvalue weighted by atomic mass is 9.95. The van der Waals surface area contributed by atoms with Gasteiger partial charge in [-0.1, -0.05) is 43.3 Å². The van der Waals surface area contributed by atoms with Crippen LogP contribution in [0.1, 0.15) is 25.0 Å². The summed E-state index contributed by atoms with van der Waals surface area (Å²) >= 11 is 0. The van der Waals surface area contributed by atoms with Gasteiger partial charge in [-0.05, 0) is 35.2 Å². The average molecular weight is 212 g/mol. The van der Waals surface area contributed by atoms with Crippen LogP contribution in [0.15, 0.2) is 36.4 Å². The fraction of sp³-hybridized carbons (Fsp3) is 0.267. The van der Waals surface area contributed by atoms with E-state index < -0.39 is 0 Å². The molecule has 2 aromatic rings. The molecule has 0 heterocycles. The predicted octanol–water partition coefficient (Wildman–Crippen LogP) is 3.53. The maximum Gasteiger partial charge on any atom is 0.134 e. The zero-order valence-electron chi connectivity index (χ0n) is 9.79. The standard InChI is InChI=1S/C15H16O/c1-3-12-6-4-7-13-8-5-9-14(15(12)13)10-11(2)16/h4-9H,3,10H2,1-2H3. The molecule has 0 bridgehead atoms. The van der Waals surface area contributed by atoms with E-state index in [0.29, 0.717) is 6.42 Å². The van der Waals surface area contributed by atoms with E-state index in [1.54, 1.807) is 6.92 Å². The first-order valence-electron chi connectivity index (χ1n) is 5.71. The molecule has 0 aromatic heterocycles. The molecule has 0 spiro atoms. The second-order valence-corrected chi connectivity index (χ2v) is 4.16. The molecular weight excluding hydrogens is 196 g/mol. The Bertz CT molecular complexity index is 521. The van der Waals surface area contributed by atoms with Crippen LogP contribution in [0.25, 0.3) is 10.8 Å². The summed E-state index contributed by atoms with van der Waals surface area (Å²) < 4.78 is 0. The van der Waals surface area contributed by atoms with Gasteiger partial charge in [-0.25, -0.2) is 0 Å². The number of carbonyl (C=O) groups excluding carboxylic acids is 1. The molecule has 0 fully saturated rings. The minimum absolute atomic E-state index is 0.221. The number of hydrogen-bond acceptors (Lipinski definition) is 1. The molecule has 0 unspecified atom stereocenters. The van der Waals surface area contributed by atoms with Crippen LogP contribution in [0.2, 0.25) is 0 Å². The lowest BCUT2D eigenvalue weighted by molar-refractivity contribution is -0.116. The van der Waals surface area contributed by atoms with E-state index in [9.17, 15) is 4.79 Å². The predicted molar refractivity (Wildman–Crippen MR) is 67.7 cm³/mol. The Morgan fingerprint density at radius 2 is 1.69 bits per heavy atom. The Morgan fingerprint density at radius 3 is 2.25 bits per heavy atom. The first-order chi connectivity index (χ1) is 7.72. The molecule has 0 N–H and O–H groups in total. The van der Waals surface area contributed by atoms with Crippen LogP contribution in [0.3, 0.4) is 0 Å². The number of fused-ring (bicyclic) bond motifs is 1. The lowest BCUT2D eigenvalue weighted by Gasteiger charge is -2.09. The summed E-state index contributed by atoms with van der Waals surface area (Å²) in [5.74, 6) is 0.221. The van der Waals surface area contributed by atoms with Crippen molar-refractivity contribution in [1.82, 2.24) is 0 Å². The lowest BCUT2D eigenvalue weighted by Crippen LogP contribution is -1.98. The molecule has 82 valence electrons. The Morgan fingerprint density at radius 1 is 1.06 bits per heavy atom. The normalized spacial score (nSPS) is 10.6. The number of ketones is 1.